The molecule has 5 rings (SSSR count). The topological polar surface area (TPSA) is 102 Å². The maximum absolute atomic E-state index is 12.6. The van der Waals surface area contributed by atoms with Crippen molar-refractivity contribution in [1.29, 1.82) is 0 Å². The minimum atomic E-state index is -0.759. The lowest BCUT2D eigenvalue weighted by Crippen LogP contribution is -2.19. The first-order chi connectivity index (χ1) is 17.8. The number of hydrogen-bond donors (Lipinski definition) is 2. The van der Waals surface area contributed by atoms with Crippen LogP contribution in [0, 0.1) is 13.8 Å². The van der Waals surface area contributed by atoms with E-state index < -0.39 is 23.6 Å². The number of carboxylic acids is 1. The maximum Gasteiger partial charge on any atom is 0.412 e. The van der Waals surface area contributed by atoms with Gasteiger partial charge >= 0.3 is 12.1 Å². The van der Waals surface area contributed by atoms with Crippen LogP contribution in [0.4, 0.5) is 10.5 Å². The second-order valence-corrected chi connectivity index (χ2v) is 9.60. The summed E-state index contributed by atoms with van der Waals surface area (Å²) in [7, 11) is 0. The number of hydrogen-bond acceptors (Lipinski definition) is 5. The van der Waals surface area contributed by atoms with Gasteiger partial charge in [-0.1, -0.05) is 83.5 Å². The standard InChI is InChI=1S/C30H28N2O5/c1-18-4-6-21(7-5-18)20(3)36-29(35)31-26-19(2)32-37-27(26)24-10-8-22(9-11-24)23-12-14-25(15-13-23)30(16-17-30)28(33)34/h4-15,20H,16-17H2,1-3H3,(H,31,35)(H,33,34)/t20-/m1/s1. The fourth-order valence-corrected chi connectivity index (χ4v) is 4.46. The molecule has 1 aromatic heterocycles. The third kappa shape index (κ3) is 4.85. The first-order valence-electron chi connectivity index (χ1n) is 12.2. The van der Waals surface area contributed by atoms with Crippen LogP contribution in [0.1, 0.15) is 48.3 Å². The molecule has 0 aliphatic heterocycles. The summed E-state index contributed by atoms with van der Waals surface area (Å²) in [6.07, 6.45) is 0.357. The molecule has 2 N–H and O–H groups in total. The molecule has 1 amide bonds. The van der Waals surface area contributed by atoms with Gasteiger partial charge in [0.15, 0.2) is 5.76 Å². The van der Waals surface area contributed by atoms with Gasteiger partial charge in [-0.2, -0.15) is 0 Å². The second kappa shape index (κ2) is 9.58. The molecule has 7 nitrogen and oxygen atoms in total. The van der Waals surface area contributed by atoms with E-state index >= 15 is 0 Å². The summed E-state index contributed by atoms with van der Waals surface area (Å²) >= 11 is 0. The third-order valence-corrected chi connectivity index (χ3v) is 7.00. The summed E-state index contributed by atoms with van der Waals surface area (Å²) in [5, 5.41) is 16.3. The molecule has 37 heavy (non-hydrogen) atoms. The van der Waals surface area contributed by atoms with Crippen LogP contribution < -0.4 is 5.32 Å². The van der Waals surface area contributed by atoms with Gasteiger partial charge in [-0.3, -0.25) is 10.1 Å². The van der Waals surface area contributed by atoms with Crippen molar-refractivity contribution in [2.75, 3.05) is 5.32 Å². The van der Waals surface area contributed by atoms with Crippen LogP contribution in [0.15, 0.2) is 77.3 Å². The van der Waals surface area contributed by atoms with Gasteiger partial charge in [0.2, 0.25) is 0 Å². The fraction of sp³-hybridized carbons (Fsp3) is 0.233. The first-order valence-corrected chi connectivity index (χ1v) is 12.2. The number of anilines is 1. The molecule has 1 aliphatic rings. The Hall–Kier alpha value is -4.39. The van der Waals surface area contributed by atoms with Gasteiger partial charge in [0.1, 0.15) is 17.5 Å². The average Bonchev–Trinajstić information content (AvgIpc) is 3.64. The maximum atomic E-state index is 12.6. The summed E-state index contributed by atoms with van der Waals surface area (Å²) in [6, 6.07) is 23.2. The number of carbonyl (C=O) groups excluding carboxylic acids is 1. The number of ether oxygens (including phenoxy) is 1. The Morgan fingerprint density at radius 3 is 2.05 bits per heavy atom. The highest BCUT2D eigenvalue weighted by Gasteiger charge is 2.51. The highest BCUT2D eigenvalue weighted by Crippen LogP contribution is 2.48. The predicted octanol–water partition coefficient (Wildman–Crippen LogP) is 7.05. The Morgan fingerprint density at radius 1 is 0.919 bits per heavy atom. The van der Waals surface area contributed by atoms with E-state index in [1.807, 2.05) is 86.6 Å². The number of nitrogens with one attached hydrogen (secondary N) is 1. The zero-order valence-corrected chi connectivity index (χ0v) is 20.9. The molecule has 0 saturated heterocycles. The van der Waals surface area contributed by atoms with Crippen molar-refractivity contribution in [3.05, 3.63) is 95.2 Å². The Balaban J connectivity index is 1.29. The summed E-state index contributed by atoms with van der Waals surface area (Å²) < 4.78 is 11.1. The molecule has 1 heterocycles. The number of nitrogens with zero attached hydrogens (tertiary/aromatic N) is 1. The highest BCUT2D eigenvalue weighted by atomic mass is 16.6. The van der Waals surface area contributed by atoms with Gasteiger partial charge in [0.25, 0.3) is 0 Å². The van der Waals surface area contributed by atoms with E-state index in [9.17, 15) is 14.7 Å². The molecular weight excluding hydrogens is 468 g/mol. The zero-order valence-electron chi connectivity index (χ0n) is 20.9. The summed E-state index contributed by atoms with van der Waals surface area (Å²) in [6.45, 7) is 5.58. The summed E-state index contributed by atoms with van der Waals surface area (Å²) in [5.74, 6) is -0.318. The summed E-state index contributed by atoms with van der Waals surface area (Å²) in [4.78, 5) is 24.2. The molecule has 7 heteroatoms. The zero-order chi connectivity index (χ0) is 26.2. The van der Waals surface area contributed by atoms with Gasteiger partial charge in [-0.25, -0.2) is 4.79 Å². The van der Waals surface area contributed by atoms with Gasteiger partial charge in [-0.15, -0.1) is 0 Å². The fourth-order valence-electron chi connectivity index (χ4n) is 4.46. The molecule has 0 radical (unpaired) electrons. The molecule has 0 unspecified atom stereocenters. The van der Waals surface area contributed by atoms with Crippen molar-refractivity contribution in [1.82, 2.24) is 5.16 Å². The molecular formula is C30H28N2O5. The van der Waals surface area contributed by atoms with E-state index in [4.69, 9.17) is 9.26 Å². The number of benzene rings is 3. The largest absolute Gasteiger partial charge is 0.481 e. The third-order valence-electron chi connectivity index (χ3n) is 7.00. The number of amides is 1. The Morgan fingerprint density at radius 2 is 1.49 bits per heavy atom. The summed E-state index contributed by atoms with van der Waals surface area (Å²) in [5.41, 5.74) is 5.89. The molecule has 0 bridgehead atoms. The number of aryl methyl sites for hydroxylation is 2. The number of carboxylic acid groups (broad SMARTS) is 1. The number of carbonyl (C=O) groups is 2. The SMILES string of the molecule is Cc1ccc([C@@H](C)OC(=O)Nc2c(C)noc2-c2ccc(-c3ccc(C4(C(=O)O)CC4)cc3)cc2)cc1. The van der Waals surface area contributed by atoms with Crippen LogP contribution in [0.25, 0.3) is 22.5 Å². The van der Waals surface area contributed by atoms with E-state index in [1.54, 1.807) is 6.92 Å². The molecule has 1 saturated carbocycles. The molecule has 1 fully saturated rings. The van der Waals surface area contributed by atoms with Crippen molar-refractivity contribution in [2.24, 2.45) is 0 Å². The second-order valence-electron chi connectivity index (χ2n) is 9.60. The molecule has 1 atom stereocenters. The van der Waals surface area contributed by atoms with Crippen molar-refractivity contribution < 1.29 is 24.0 Å². The molecule has 0 spiro atoms. The monoisotopic (exact) mass is 496 g/mol. The lowest BCUT2D eigenvalue weighted by atomic mass is 9.93. The van der Waals surface area contributed by atoms with E-state index in [0.29, 0.717) is 30.0 Å². The van der Waals surface area contributed by atoms with Crippen molar-refractivity contribution in [3.8, 4) is 22.5 Å². The minimum absolute atomic E-state index is 0.416. The molecule has 188 valence electrons. The average molecular weight is 497 g/mol. The van der Waals surface area contributed by atoms with Crippen molar-refractivity contribution in [2.45, 2.75) is 45.1 Å². The number of aliphatic carboxylic acids is 1. The van der Waals surface area contributed by atoms with E-state index in [-0.39, 0.29) is 0 Å². The first kappa shape index (κ1) is 24.3. The molecule has 3 aromatic carbocycles. The Labute approximate surface area is 215 Å². The number of rotatable bonds is 7. The van der Waals surface area contributed by atoms with Crippen LogP contribution in [0.2, 0.25) is 0 Å². The minimum Gasteiger partial charge on any atom is -0.481 e. The van der Waals surface area contributed by atoms with Crippen LogP contribution in [0.3, 0.4) is 0 Å². The van der Waals surface area contributed by atoms with Gasteiger partial charge in [0, 0.05) is 5.56 Å². The van der Waals surface area contributed by atoms with Crippen molar-refractivity contribution >= 4 is 17.7 Å². The predicted molar refractivity (Wildman–Crippen MR) is 140 cm³/mol. The Bertz CT molecular complexity index is 1430. The number of aromatic nitrogens is 1. The van der Waals surface area contributed by atoms with E-state index in [1.165, 1.54) is 0 Å². The van der Waals surface area contributed by atoms with Gasteiger partial charge in [0.05, 0.1) is 5.41 Å². The van der Waals surface area contributed by atoms with Gasteiger partial charge in [-0.05, 0) is 55.9 Å². The smallest absolute Gasteiger partial charge is 0.412 e. The Kier molecular flexibility index (Phi) is 6.29. The lowest BCUT2D eigenvalue weighted by Gasteiger charge is -2.14. The highest BCUT2D eigenvalue weighted by molar-refractivity contribution is 5.91. The van der Waals surface area contributed by atoms with Crippen LogP contribution in [0.5, 0.6) is 0 Å². The lowest BCUT2D eigenvalue weighted by molar-refractivity contribution is -0.140. The van der Waals surface area contributed by atoms with E-state index in [0.717, 1.165) is 33.4 Å². The quantitative estimate of drug-likeness (QED) is 0.284. The van der Waals surface area contributed by atoms with E-state index in [2.05, 4.69) is 10.5 Å². The normalized spacial score (nSPS) is 14.6. The van der Waals surface area contributed by atoms with Crippen LogP contribution >= 0.6 is 0 Å². The van der Waals surface area contributed by atoms with Crippen molar-refractivity contribution in [3.63, 3.8) is 0 Å². The van der Waals surface area contributed by atoms with Crippen LogP contribution in [-0.4, -0.2) is 22.3 Å². The molecule has 4 aromatic rings. The molecule has 1 aliphatic carbocycles. The van der Waals surface area contributed by atoms with Gasteiger partial charge < -0.3 is 14.4 Å². The van der Waals surface area contributed by atoms with Crippen LogP contribution in [-0.2, 0) is 14.9 Å².